The van der Waals surface area contributed by atoms with Gasteiger partial charge < -0.3 is 18.8 Å². The number of nitrogens with zero attached hydrogens (tertiary/aromatic N) is 1. The van der Waals surface area contributed by atoms with Crippen LogP contribution in [0.25, 0.3) is 11.0 Å². The van der Waals surface area contributed by atoms with E-state index in [1.54, 1.807) is 31.2 Å². The predicted molar refractivity (Wildman–Crippen MR) is 118 cm³/mol. The van der Waals surface area contributed by atoms with Crippen molar-refractivity contribution < 1.29 is 23.5 Å². The normalized spacial score (nSPS) is 16.3. The van der Waals surface area contributed by atoms with E-state index in [4.69, 9.17) is 8.83 Å². The summed E-state index contributed by atoms with van der Waals surface area (Å²) < 4.78 is 11.5. The topological polar surface area (TPSA) is 83.9 Å². The highest BCUT2D eigenvalue weighted by Gasteiger charge is 2.45. The van der Waals surface area contributed by atoms with Crippen molar-refractivity contribution in [2.45, 2.75) is 19.4 Å². The van der Waals surface area contributed by atoms with Crippen LogP contribution in [0.1, 0.15) is 33.7 Å². The predicted octanol–water partition coefficient (Wildman–Crippen LogP) is 5.16. The highest BCUT2D eigenvalue weighted by molar-refractivity contribution is 6.15. The van der Waals surface area contributed by atoms with Gasteiger partial charge in [0.2, 0.25) is 5.78 Å². The molecule has 3 heterocycles. The molecule has 1 aliphatic rings. The van der Waals surface area contributed by atoms with Crippen molar-refractivity contribution in [3.05, 3.63) is 107 Å². The number of aliphatic hydroxyl groups is 1. The number of carbonyl (C=O) groups excluding carboxylic acids is 2. The number of ketones is 1. The molecule has 0 aliphatic carbocycles. The second-order valence-electron chi connectivity index (χ2n) is 7.82. The quantitative estimate of drug-likeness (QED) is 0.430. The molecule has 5 rings (SSSR count). The minimum absolute atomic E-state index is 0.0310. The van der Waals surface area contributed by atoms with E-state index in [1.165, 1.54) is 4.90 Å². The fraction of sp³-hybridized carbons (Fsp3) is 0.154. The summed E-state index contributed by atoms with van der Waals surface area (Å²) in [5.74, 6) is -0.557. The van der Waals surface area contributed by atoms with Crippen LogP contribution >= 0.6 is 0 Å². The number of Topliss-reactive ketones (excluding diaryl/α,β-unsaturated/α-hetero) is 1. The maximum Gasteiger partial charge on any atom is 0.290 e. The number of amides is 1. The van der Waals surface area contributed by atoms with Crippen LogP contribution in [-0.4, -0.2) is 28.2 Å². The summed E-state index contributed by atoms with van der Waals surface area (Å²) >= 11 is 0. The summed E-state index contributed by atoms with van der Waals surface area (Å²) in [7, 11) is 0. The van der Waals surface area contributed by atoms with Gasteiger partial charge >= 0.3 is 0 Å². The number of hydrogen-bond acceptors (Lipinski definition) is 5. The van der Waals surface area contributed by atoms with Gasteiger partial charge in [-0.25, -0.2) is 0 Å². The fourth-order valence-electron chi connectivity index (χ4n) is 4.13. The first kappa shape index (κ1) is 19.9. The number of rotatable bonds is 6. The van der Waals surface area contributed by atoms with Gasteiger partial charge in [-0.2, -0.15) is 0 Å². The average molecular weight is 427 g/mol. The van der Waals surface area contributed by atoms with Crippen LogP contribution in [-0.2, 0) is 11.2 Å². The number of aliphatic hydroxyl groups excluding tert-OH is 1. The zero-order valence-corrected chi connectivity index (χ0v) is 17.4. The van der Waals surface area contributed by atoms with Crippen molar-refractivity contribution in [2.75, 3.05) is 6.54 Å². The molecule has 4 aromatic rings. The summed E-state index contributed by atoms with van der Waals surface area (Å²) in [4.78, 5) is 28.0. The number of para-hydroxylation sites is 1. The van der Waals surface area contributed by atoms with Gasteiger partial charge in [0.05, 0.1) is 5.57 Å². The SMILES string of the molecule is Cc1ccc(C2C(C(=O)c3cc4ccccc4o3)=C(O)C(=O)N2CCc2ccccc2)o1. The van der Waals surface area contributed by atoms with Crippen LogP contribution in [0.5, 0.6) is 0 Å². The Hall–Kier alpha value is -4.06. The molecule has 1 amide bonds. The van der Waals surface area contributed by atoms with Gasteiger partial charge in [0.1, 0.15) is 23.1 Å². The van der Waals surface area contributed by atoms with Crippen LogP contribution in [0.2, 0.25) is 0 Å². The van der Waals surface area contributed by atoms with Gasteiger partial charge in [-0.05, 0) is 43.2 Å². The lowest BCUT2D eigenvalue weighted by atomic mass is 9.99. The third-order valence-electron chi connectivity index (χ3n) is 5.71. The zero-order chi connectivity index (χ0) is 22.2. The van der Waals surface area contributed by atoms with Crippen molar-refractivity contribution in [3.63, 3.8) is 0 Å². The molecule has 0 radical (unpaired) electrons. The maximum atomic E-state index is 13.5. The molecule has 0 spiro atoms. The van der Waals surface area contributed by atoms with E-state index < -0.39 is 23.5 Å². The van der Waals surface area contributed by atoms with Gasteiger partial charge in [-0.1, -0.05) is 48.5 Å². The van der Waals surface area contributed by atoms with E-state index in [-0.39, 0.29) is 11.3 Å². The van der Waals surface area contributed by atoms with E-state index >= 15 is 0 Å². The molecule has 160 valence electrons. The van der Waals surface area contributed by atoms with E-state index in [2.05, 4.69) is 0 Å². The van der Waals surface area contributed by atoms with Crippen LogP contribution < -0.4 is 0 Å². The van der Waals surface area contributed by atoms with Gasteiger partial charge in [0.25, 0.3) is 5.91 Å². The third kappa shape index (κ3) is 3.39. The number of benzene rings is 2. The molecule has 6 heteroatoms. The highest BCUT2D eigenvalue weighted by atomic mass is 16.4. The average Bonchev–Trinajstić information content (AvgIpc) is 3.49. The van der Waals surface area contributed by atoms with Gasteiger partial charge in [0, 0.05) is 11.9 Å². The summed E-state index contributed by atoms with van der Waals surface area (Å²) in [5, 5.41) is 11.5. The second-order valence-corrected chi connectivity index (χ2v) is 7.82. The van der Waals surface area contributed by atoms with Crippen molar-refractivity contribution in [3.8, 4) is 0 Å². The van der Waals surface area contributed by atoms with Crippen molar-refractivity contribution in [1.82, 2.24) is 4.90 Å². The molecule has 32 heavy (non-hydrogen) atoms. The highest BCUT2D eigenvalue weighted by Crippen LogP contribution is 2.40. The molecule has 0 saturated carbocycles. The largest absolute Gasteiger partial charge is 0.503 e. The molecule has 1 N–H and O–H groups in total. The van der Waals surface area contributed by atoms with Crippen molar-refractivity contribution in [1.29, 1.82) is 0 Å². The summed E-state index contributed by atoms with van der Waals surface area (Å²) in [6.45, 7) is 2.10. The molecule has 2 aromatic heterocycles. The zero-order valence-electron chi connectivity index (χ0n) is 17.4. The molecule has 0 saturated heterocycles. The van der Waals surface area contributed by atoms with Crippen LogP contribution in [0.4, 0.5) is 0 Å². The summed E-state index contributed by atoms with van der Waals surface area (Å²) in [5.41, 5.74) is 1.58. The maximum absolute atomic E-state index is 13.5. The first-order chi connectivity index (χ1) is 15.5. The number of fused-ring (bicyclic) bond motifs is 1. The first-order valence-corrected chi connectivity index (χ1v) is 10.4. The number of aryl methyl sites for hydroxylation is 1. The second kappa shape index (κ2) is 7.89. The van der Waals surface area contributed by atoms with Crippen LogP contribution in [0.3, 0.4) is 0 Å². The standard InChI is InChI=1S/C26H21NO5/c1-16-11-12-20(31-16)23-22(24(28)21-15-18-9-5-6-10-19(18)32-21)25(29)26(30)27(23)14-13-17-7-3-2-4-8-17/h2-12,15,23,29H,13-14H2,1H3. The molecule has 6 nitrogen and oxygen atoms in total. The molecule has 1 atom stereocenters. The Morgan fingerprint density at radius 2 is 1.75 bits per heavy atom. The third-order valence-corrected chi connectivity index (χ3v) is 5.71. The van der Waals surface area contributed by atoms with Gasteiger partial charge in [-0.3, -0.25) is 9.59 Å². The number of carbonyl (C=O) groups is 2. The Balaban J connectivity index is 1.53. The number of hydrogen-bond donors (Lipinski definition) is 1. The fourth-order valence-corrected chi connectivity index (χ4v) is 4.13. The van der Waals surface area contributed by atoms with Gasteiger partial charge in [0.15, 0.2) is 11.5 Å². The van der Waals surface area contributed by atoms with E-state index in [1.807, 2.05) is 48.5 Å². The molecule has 2 aromatic carbocycles. The van der Waals surface area contributed by atoms with Crippen LogP contribution in [0, 0.1) is 6.92 Å². The first-order valence-electron chi connectivity index (χ1n) is 10.4. The lowest BCUT2D eigenvalue weighted by Gasteiger charge is -2.24. The van der Waals surface area contributed by atoms with Crippen molar-refractivity contribution in [2.24, 2.45) is 0 Å². The van der Waals surface area contributed by atoms with Gasteiger partial charge in [-0.15, -0.1) is 0 Å². The monoisotopic (exact) mass is 427 g/mol. The molecule has 0 bridgehead atoms. The molecule has 1 aliphatic heterocycles. The Kier molecular flexibility index (Phi) is 4.90. The Bertz CT molecular complexity index is 1310. The molecular weight excluding hydrogens is 406 g/mol. The van der Waals surface area contributed by atoms with Crippen molar-refractivity contribution >= 4 is 22.7 Å². The molecular formula is C26H21NO5. The summed E-state index contributed by atoms with van der Waals surface area (Å²) in [6, 6.07) is 21.3. The lowest BCUT2D eigenvalue weighted by Crippen LogP contribution is -2.32. The van der Waals surface area contributed by atoms with E-state index in [9.17, 15) is 14.7 Å². The Morgan fingerprint density at radius 3 is 2.47 bits per heavy atom. The number of furan rings is 2. The van der Waals surface area contributed by atoms with E-state index in [0.29, 0.717) is 30.1 Å². The lowest BCUT2D eigenvalue weighted by molar-refractivity contribution is -0.129. The van der Waals surface area contributed by atoms with E-state index in [0.717, 1.165) is 10.9 Å². The summed E-state index contributed by atoms with van der Waals surface area (Å²) in [6.07, 6.45) is 0.572. The Morgan fingerprint density at radius 1 is 1.00 bits per heavy atom. The Labute approximate surface area is 184 Å². The van der Waals surface area contributed by atoms with Crippen LogP contribution in [0.15, 0.2) is 93.0 Å². The molecule has 1 unspecified atom stereocenters. The molecule has 0 fully saturated rings. The smallest absolute Gasteiger partial charge is 0.290 e. The minimum atomic E-state index is -0.833. The minimum Gasteiger partial charge on any atom is -0.503 e.